The molecule has 2 N–H and O–H groups in total. The van der Waals surface area contributed by atoms with E-state index in [1.165, 1.54) is 12.1 Å². The van der Waals surface area contributed by atoms with E-state index >= 15 is 0 Å². The van der Waals surface area contributed by atoms with Crippen LogP contribution in [0.2, 0.25) is 0 Å². The average molecular weight is 521 g/mol. The molecule has 0 saturated heterocycles. The molecule has 0 aliphatic heterocycles. The summed E-state index contributed by atoms with van der Waals surface area (Å²) < 4.78 is 85.4. The van der Waals surface area contributed by atoms with Crippen molar-refractivity contribution in [2.24, 2.45) is 0 Å². The number of ether oxygens (including phenoxy) is 1. The fourth-order valence-electron chi connectivity index (χ4n) is 3.74. The van der Waals surface area contributed by atoms with Crippen LogP contribution >= 0.6 is 0 Å². The van der Waals surface area contributed by atoms with Crippen LogP contribution in [0.3, 0.4) is 0 Å². The zero-order chi connectivity index (χ0) is 27.1. The van der Waals surface area contributed by atoms with E-state index in [2.05, 4.69) is 15.4 Å². The molecule has 0 aliphatic rings. The third-order valence-corrected chi connectivity index (χ3v) is 5.37. The van der Waals surface area contributed by atoms with E-state index in [1.807, 2.05) is 6.07 Å². The lowest BCUT2D eigenvalue weighted by Gasteiger charge is -2.37. The summed E-state index contributed by atoms with van der Waals surface area (Å²) in [6.45, 7) is -0.0364. The van der Waals surface area contributed by atoms with Crippen molar-refractivity contribution in [2.75, 3.05) is 6.54 Å². The first kappa shape index (κ1) is 27.4. The Bertz CT molecular complexity index is 1250. The summed E-state index contributed by atoms with van der Waals surface area (Å²) in [5, 5.41) is 13.9. The Morgan fingerprint density at radius 1 is 0.946 bits per heavy atom. The Morgan fingerprint density at radius 2 is 1.62 bits per heavy atom. The van der Waals surface area contributed by atoms with Crippen LogP contribution in [0.5, 0.6) is 5.75 Å². The summed E-state index contributed by atoms with van der Waals surface area (Å²) in [6, 6.07) is 16.7. The summed E-state index contributed by atoms with van der Waals surface area (Å²) >= 11 is 0. The number of urea groups is 1. The van der Waals surface area contributed by atoms with Gasteiger partial charge < -0.3 is 15.4 Å². The molecule has 3 rings (SSSR count). The summed E-state index contributed by atoms with van der Waals surface area (Å²) in [5.41, 5.74) is -1.02. The van der Waals surface area contributed by atoms with Crippen molar-refractivity contribution in [3.63, 3.8) is 0 Å². The Hall–Kier alpha value is -4.20. The molecule has 0 aromatic heterocycles. The first-order valence-corrected chi connectivity index (χ1v) is 10.9. The number of rotatable bonds is 10. The smallest absolute Gasteiger partial charge is 0.428 e. The fraction of sp³-hybridized carbons (Fsp3) is 0.231. The number of benzene rings is 3. The van der Waals surface area contributed by atoms with Crippen LogP contribution in [0, 0.1) is 23.0 Å². The van der Waals surface area contributed by atoms with Gasteiger partial charge in [0.1, 0.15) is 17.4 Å². The molecule has 0 heterocycles. The standard InChI is InChI=1S/C26H21F6N3O2/c27-20-9-7-18(8-10-20)25(16-17-5-2-1-3-6-17,35-24(36)34-12-4-11-33)19-13-21(28)15-22(14-19)37-26(31,32)23(29)30/h1-3,5-10,13-15,23H,4,12,16H2,(H2,34,35,36)/t25-/m1/s1. The summed E-state index contributed by atoms with van der Waals surface area (Å²) in [6.07, 6.45) is -9.20. The molecule has 0 aliphatic carbocycles. The molecule has 3 aromatic rings. The van der Waals surface area contributed by atoms with Gasteiger partial charge >= 0.3 is 18.6 Å². The molecule has 11 heteroatoms. The van der Waals surface area contributed by atoms with E-state index in [-0.39, 0.29) is 30.5 Å². The van der Waals surface area contributed by atoms with Crippen molar-refractivity contribution in [3.05, 3.63) is 101 Å². The molecule has 5 nitrogen and oxygen atoms in total. The van der Waals surface area contributed by atoms with Gasteiger partial charge in [-0.3, -0.25) is 0 Å². The highest BCUT2D eigenvalue weighted by Crippen LogP contribution is 2.37. The predicted molar refractivity (Wildman–Crippen MR) is 122 cm³/mol. The number of halogens is 6. The molecule has 37 heavy (non-hydrogen) atoms. The minimum absolute atomic E-state index is 0.0175. The van der Waals surface area contributed by atoms with Gasteiger partial charge in [-0.05, 0) is 41.0 Å². The highest BCUT2D eigenvalue weighted by Gasteiger charge is 2.45. The van der Waals surface area contributed by atoms with E-state index in [9.17, 15) is 31.1 Å². The molecule has 3 aromatic carbocycles. The highest BCUT2D eigenvalue weighted by molar-refractivity contribution is 5.76. The SMILES string of the molecule is N#CCCNC(=O)N[C@](Cc1ccccc1)(c1ccc(F)cc1)c1cc(F)cc(OC(F)(F)C(F)F)c1. The normalized spacial score (nSPS) is 12.9. The Morgan fingerprint density at radius 3 is 2.24 bits per heavy atom. The van der Waals surface area contributed by atoms with E-state index < -0.39 is 41.5 Å². The minimum Gasteiger partial charge on any atom is -0.428 e. The van der Waals surface area contributed by atoms with Crippen LogP contribution in [0.25, 0.3) is 0 Å². The number of carbonyl (C=O) groups is 1. The van der Waals surface area contributed by atoms with Crippen molar-refractivity contribution in [1.29, 1.82) is 5.26 Å². The van der Waals surface area contributed by atoms with E-state index in [4.69, 9.17) is 5.26 Å². The number of nitriles is 1. The lowest BCUT2D eigenvalue weighted by atomic mass is 9.77. The molecule has 0 saturated carbocycles. The van der Waals surface area contributed by atoms with Crippen LogP contribution < -0.4 is 15.4 Å². The van der Waals surface area contributed by atoms with Gasteiger partial charge in [-0.2, -0.15) is 22.8 Å². The van der Waals surface area contributed by atoms with Crippen LogP contribution in [-0.2, 0) is 12.0 Å². The van der Waals surface area contributed by atoms with Gasteiger partial charge in [-0.25, -0.2) is 13.6 Å². The van der Waals surface area contributed by atoms with Crippen molar-refractivity contribution in [2.45, 2.75) is 30.9 Å². The van der Waals surface area contributed by atoms with E-state index in [0.29, 0.717) is 11.6 Å². The molecule has 1 atom stereocenters. The van der Waals surface area contributed by atoms with Gasteiger partial charge in [-0.1, -0.05) is 42.5 Å². The first-order chi connectivity index (χ1) is 17.6. The molecular weight excluding hydrogens is 500 g/mol. The summed E-state index contributed by atoms with van der Waals surface area (Å²) in [5.74, 6) is -2.63. The van der Waals surface area contributed by atoms with Gasteiger partial charge in [0, 0.05) is 19.0 Å². The number of alkyl halides is 4. The van der Waals surface area contributed by atoms with E-state index in [1.54, 1.807) is 30.3 Å². The maximum absolute atomic E-state index is 14.7. The largest absolute Gasteiger partial charge is 0.461 e. The van der Waals surface area contributed by atoms with Crippen molar-refractivity contribution in [3.8, 4) is 11.8 Å². The summed E-state index contributed by atoms with van der Waals surface area (Å²) in [7, 11) is 0. The van der Waals surface area contributed by atoms with Gasteiger partial charge in [-0.15, -0.1) is 0 Å². The zero-order valence-corrected chi connectivity index (χ0v) is 19.2. The van der Waals surface area contributed by atoms with Gasteiger partial charge in [0.05, 0.1) is 18.0 Å². The average Bonchev–Trinajstić information content (AvgIpc) is 2.84. The number of carbonyl (C=O) groups excluding carboxylic acids is 1. The van der Waals surface area contributed by atoms with Crippen molar-refractivity contribution in [1.82, 2.24) is 10.6 Å². The number of hydrogen-bond donors (Lipinski definition) is 2. The Labute approximate surface area is 208 Å². The third kappa shape index (κ3) is 6.94. The van der Waals surface area contributed by atoms with E-state index in [0.717, 1.165) is 24.3 Å². The Balaban J connectivity index is 2.21. The topological polar surface area (TPSA) is 74.2 Å². The van der Waals surface area contributed by atoms with Gasteiger partial charge in [0.25, 0.3) is 0 Å². The quantitative estimate of drug-likeness (QED) is 0.258. The number of hydrogen-bond acceptors (Lipinski definition) is 3. The second-order valence-corrected chi connectivity index (χ2v) is 8.00. The lowest BCUT2D eigenvalue weighted by molar-refractivity contribution is -0.253. The Kier molecular flexibility index (Phi) is 8.65. The predicted octanol–water partition coefficient (Wildman–Crippen LogP) is 5.90. The second-order valence-electron chi connectivity index (χ2n) is 8.00. The molecule has 194 valence electrons. The molecule has 2 amide bonds. The molecule has 0 unspecified atom stereocenters. The van der Waals surface area contributed by atoms with Crippen LogP contribution in [-0.4, -0.2) is 25.1 Å². The molecule has 0 spiro atoms. The highest BCUT2D eigenvalue weighted by atomic mass is 19.3. The van der Waals surface area contributed by atoms with Crippen LogP contribution in [0.15, 0.2) is 72.8 Å². The maximum Gasteiger partial charge on any atom is 0.461 e. The number of nitrogens with zero attached hydrogens (tertiary/aromatic N) is 1. The minimum atomic E-state index is -4.91. The monoisotopic (exact) mass is 521 g/mol. The first-order valence-electron chi connectivity index (χ1n) is 10.9. The molecule has 0 fully saturated rings. The van der Waals surface area contributed by atoms with Crippen molar-refractivity contribution < 1.29 is 35.9 Å². The lowest BCUT2D eigenvalue weighted by Crippen LogP contribution is -2.52. The van der Waals surface area contributed by atoms with Crippen molar-refractivity contribution >= 4 is 6.03 Å². The number of nitrogens with one attached hydrogen (secondary N) is 2. The van der Waals surface area contributed by atoms with Gasteiger partial charge in [0.15, 0.2) is 0 Å². The zero-order valence-electron chi connectivity index (χ0n) is 19.2. The fourth-order valence-corrected chi connectivity index (χ4v) is 3.74. The molecular formula is C26H21F6N3O2. The summed E-state index contributed by atoms with van der Waals surface area (Å²) in [4.78, 5) is 12.9. The molecule has 0 bridgehead atoms. The number of amides is 2. The maximum atomic E-state index is 14.7. The third-order valence-electron chi connectivity index (χ3n) is 5.37. The second kappa shape index (κ2) is 11.7. The van der Waals surface area contributed by atoms with Crippen LogP contribution in [0.1, 0.15) is 23.1 Å². The van der Waals surface area contributed by atoms with Gasteiger partial charge in [0.2, 0.25) is 0 Å². The van der Waals surface area contributed by atoms with Crippen LogP contribution in [0.4, 0.5) is 31.1 Å². The molecule has 0 radical (unpaired) electrons.